The number of anilines is 3. The number of carbonyl (C=O) groups is 2. The largest absolute Gasteiger partial charge is 0.497 e. The van der Waals surface area contributed by atoms with Gasteiger partial charge in [0, 0.05) is 23.9 Å². The van der Waals surface area contributed by atoms with E-state index in [1.54, 1.807) is 36.3 Å². The number of hydrogen-bond acceptors (Lipinski definition) is 4. The van der Waals surface area contributed by atoms with E-state index in [0.717, 1.165) is 16.8 Å². The highest BCUT2D eigenvalue weighted by Gasteiger charge is 2.24. The fraction of sp³-hybridized carbons (Fsp3) is 0.200. The molecule has 0 saturated carbocycles. The van der Waals surface area contributed by atoms with Gasteiger partial charge in [-0.2, -0.15) is 0 Å². The summed E-state index contributed by atoms with van der Waals surface area (Å²) in [5.41, 5.74) is 4.17. The number of carbonyl (C=O) groups excluding carboxylic acids is 2. The van der Waals surface area contributed by atoms with Gasteiger partial charge in [-0.15, -0.1) is 0 Å². The molecule has 1 aliphatic heterocycles. The van der Waals surface area contributed by atoms with Crippen molar-refractivity contribution in [2.24, 2.45) is 0 Å². The molecule has 4 rings (SSSR count). The molecule has 0 unspecified atom stereocenters. The van der Waals surface area contributed by atoms with Crippen molar-refractivity contribution in [2.45, 2.75) is 19.4 Å². The van der Waals surface area contributed by atoms with E-state index in [-0.39, 0.29) is 11.9 Å². The van der Waals surface area contributed by atoms with E-state index in [2.05, 4.69) is 10.6 Å². The number of nitrogens with zero attached hydrogens (tertiary/aromatic N) is 1. The van der Waals surface area contributed by atoms with Crippen molar-refractivity contribution < 1.29 is 19.1 Å². The Hall–Kier alpha value is -4.00. The van der Waals surface area contributed by atoms with Crippen molar-refractivity contribution in [3.05, 3.63) is 77.9 Å². The van der Waals surface area contributed by atoms with Gasteiger partial charge in [-0.25, -0.2) is 4.79 Å². The average Bonchev–Trinajstić information content (AvgIpc) is 2.82. The van der Waals surface area contributed by atoms with Crippen molar-refractivity contribution in [3.63, 3.8) is 0 Å². The smallest absolute Gasteiger partial charge is 0.323 e. The SMILES string of the molecule is COc1ccc(NC(=O)Nc2ccc3c(c2)CCC(=O)N3Cc2ccccc2)c(OC)c1. The van der Waals surface area contributed by atoms with E-state index < -0.39 is 0 Å². The first-order valence-corrected chi connectivity index (χ1v) is 10.3. The highest BCUT2D eigenvalue weighted by atomic mass is 16.5. The summed E-state index contributed by atoms with van der Waals surface area (Å²) in [6, 6.07) is 20.3. The Morgan fingerprint density at radius 3 is 2.50 bits per heavy atom. The number of nitrogens with one attached hydrogen (secondary N) is 2. The van der Waals surface area contributed by atoms with Crippen molar-refractivity contribution in [1.29, 1.82) is 0 Å². The number of aryl methyl sites for hydroxylation is 1. The lowest BCUT2D eigenvalue weighted by Crippen LogP contribution is -2.34. The lowest BCUT2D eigenvalue weighted by molar-refractivity contribution is -0.119. The number of ether oxygens (including phenoxy) is 2. The van der Waals surface area contributed by atoms with E-state index in [1.807, 2.05) is 42.5 Å². The van der Waals surface area contributed by atoms with Gasteiger partial charge in [0.15, 0.2) is 0 Å². The molecule has 0 aliphatic carbocycles. The van der Waals surface area contributed by atoms with Gasteiger partial charge in [-0.1, -0.05) is 30.3 Å². The van der Waals surface area contributed by atoms with E-state index >= 15 is 0 Å². The number of rotatable bonds is 6. The third kappa shape index (κ3) is 4.67. The van der Waals surface area contributed by atoms with E-state index in [1.165, 1.54) is 7.11 Å². The van der Waals surface area contributed by atoms with Crippen LogP contribution in [0.3, 0.4) is 0 Å². The number of amides is 3. The maximum absolute atomic E-state index is 12.6. The molecular formula is C25H25N3O4. The van der Waals surface area contributed by atoms with Gasteiger partial charge >= 0.3 is 6.03 Å². The predicted molar refractivity (Wildman–Crippen MR) is 125 cm³/mol. The Morgan fingerprint density at radius 2 is 1.75 bits per heavy atom. The number of hydrogen-bond donors (Lipinski definition) is 2. The van der Waals surface area contributed by atoms with Crippen LogP contribution in [0, 0.1) is 0 Å². The van der Waals surface area contributed by atoms with Crippen LogP contribution in [0.2, 0.25) is 0 Å². The second-order valence-electron chi connectivity index (χ2n) is 7.45. The van der Waals surface area contributed by atoms with Crippen LogP contribution in [-0.2, 0) is 17.8 Å². The lowest BCUT2D eigenvalue weighted by atomic mass is 9.99. The van der Waals surface area contributed by atoms with Crippen LogP contribution >= 0.6 is 0 Å². The molecule has 0 radical (unpaired) electrons. The second kappa shape index (κ2) is 9.43. The second-order valence-corrected chi connectivity index (χ2v) is 7.45. The molecule has 1 aliphatic rings. The Balaban J connectivity index is 1.48. The Morgan fingerprint density at radius 1 is 0.938 bits per heavy atom. The number of methoxy groups -OCH3 is 2. The van der Waals surface area contributed by atoms with E-state index in [4.69, 9.17) is 9.47 Å². The summed E-state index contributed by atoms with van der Waals surface area (Å²) in [7, 11) is 3.10. The molecule has 0 atom stereocenters. The van der Waals surface area contributed by atoms with Crippen LogP contribution in [0.25, 0.3) is 0 Å². The average molecular weight is 431 g/mol. The summed E-state index contributed by atoms with van der Waals surface area (Å²) in [5.74, 6) is 1.24. The molecule has 0 spiro atoms. The molecule has 1 heterocycles. The predicted octanol–water partition coefficient (Wildman–Crippen LogP) is 4.83. The third-order valence-corrected chi connectivity index (χ3v) is 5.38. The summed E-state index contributed by atoms with van der Waals surface area (Å²) in [6.45, 7) is 0.525. The van der Waals surface area contributed by atoms with Gasteiger partial charge in [0.1, 0.15) is 11.5 Å². The monoisotopic (exact) mass is 431 g/mol. The maximum Gasteiger partial charge on any atom is 0.323 e. The molecule has 32 heavy (non-hydrogen) atoms. The zero-order valence-electron chi connectivity index (χ0n) is 18.1. The fourth-order valence-corrected chi connectivity index (χ4v) is 3.76. The fourth-order valence-electron chi connectivity index (χ4n) is 3.76. The number of benzene rings is 3. The zero-order chi connectivity index (χ0) is 22.5. The molecule has 0 saturated heterocycles. The van der Waals surface area contributed by atoms with Crippen molar-refractivity contribution in [1.82, 2.24) is 0 Å². The van der Waals surface area contributed by atoms with Gasteiger partial charge in [-0.05, 0) is 47.9 Å². The van der Waals surface area contributed by atoms with Gasteiger partial charge in [-0.3, -0.25) is 4.79 Å². The summed E-state index contributed by atoms with van der Waals surface area (Å²) in [5, 5.41) is 5.65. The molecule has 164 valence electrons. The normalized spacial score (nSPS) is 12.7. The summed E-state index contributed by atoms with van der Waals surface area (Å²) in [4.78, 5) is 26.9. The quantitative estimate of drug-likeness (QED) is 0.586. The Kier molecular flexibility index (Phi) is 6.26. The van der Waals surface area contributed by atoms with Crippen molar-refractivity contribution in [3.8, 4) is 11.5 Å². The molecule has 0 fully saturated rings. The number of urea groups is 1. The van der Waals surface area contributed by atoms with Crippen molar-refractivity contribution in [2.75, 3.05) is 29.8 Å². The summed E-state index contributed by atoms with van der Waals surface area (Å²) in [6.07, 6.45) is 1.08. The Bertz CT molecular complexity index is 1130. The highest BCUT2D eigenvalue weighted by molar-refractivity contribution is 6.01. The molecular weight excluding hydrogens is 406 g/mol. The topological polar surface area (TPSA) is 79.9 Å². The maximum atomic E-state index is 12.6. The van der Waals surface area contributed by atoms with Crippen LogP contribution in [0.5, 0.6) is 11.5 Å². The summed E-state index contributed by atoms with van der Waals surface area (Å²) < 4.78 is 10.5. The van der Waals surface area contributed by atoms with Crippen LogP contribution in [0.4, 0.5) is 21.9 Å². The van der Waals surface area contributed by atoms with Gasteiger partial charge < -0.3 is 25.0 Å². The zero-order valence-corrected chi connectivity index (χ0v) is 18.1. The first-order chi connectivity index (χ1) is 15.6. The van der Waals surface area contributed by atoms with Crippen molar-refractivity contribution >= 4 is 29.0 Å². The number of fused-ring (bicyclic) bond motifs is 1. The minimum absolute atomic E-state index is 0.103. The first-order valence-electron chi connectivity index (χ1n) is 10.3. The molecule has 7 heteroatoms. The molecule has 3 amide bonds. The third-order valence-electron chi connectivity index (χ3n) is 5.38. The molecule has 3 aromatic carbocycles. The molecule has 2 N–H and O–H groups in total. The van der Waals surface area contributed by atoms with Crippen LogP contribution in [0.15, 0.2) is 66.7 Å². The highest BCUT2D eigenvalue weighted by Crippen LogP contribution is 2.32. The van der Waals surface area contributed by atoms with Crippen LogP contribution < -0.4 is 25.0 Å². The van der Waals surface area contributed by atoms with Gasteiger partial charge in [0.2, 0.25) is 5.91 Å². The van der Waals surface area contributed by atoms with Crippen LogP contribution in [0.1, 0.15) is 17.5 Å². The van der Waals surface area contributed by atoms with Gasteiger partial charge in [0.05, 0.1) is 26.5 Å². The van der Waals surface area contributed by atoms with E-state index in [0.29, 0.717) is 42.3 Å². The summed E-state index contributed by atoms with van der Waals surface area (Å²) >= 11 is 0. The minimum Gasteiger partial charge on any atom is -0.497 e. The van der Waals surface area contributed by atoms with Crippen LogP contribution in [-0.4, -0.2) is 26.2 Å². The molecule has 0 bridgehead atoms. The molecule has 3 aromatic rings. The minimum atomic E-state index is -0.388. The van der Waals surface area contributed by atoms with E-state index in [9.17, 15) is 9.59 Å². The molecule has 7 nitrogen and oxygen atoms in total. The Labute approximate surface area is 187 Å². The van der Waals surface area contributed by atoms with Gasteiger partial charge in [0.25, 0.3) is 0 Å². The first kappa shape index (κ1) is 21.2. The standard InChI is InChI=1S/C25H25N3O4/c1-31-20-10-11-21(23(15-20)32-2)27-25(30)26-19-9-12-22-18(14-19)8-13-24(29)28(22)16-17-6-4-3-5-7-17/h3-7,9-12,14-15H,8,13,16H2,1-2H3,(H2,26,27,30). The molecule has 0 aromatic heterocycles. The lowest BCUT2D eigenvalue weighted by Gasteiger charge is -2.30.